The summed E-state index contributed by atoms with van der Waals surface area (Å²) in [4.78, 5) is 12.0. The van der Waals surface area contributed by atoms with Gasteiger partial charge in [-0.05, 0) is 47.7 Å². The number of carbonyl (C=O) groups excluding carboxylic acids is 1. The highest BCUT2D eigenvalue weighted by Gasteiger charge is 2.23. The van der Waals surface area contributed by atoms with Gasteiger partial charge in [-0.3, -0.25) is 4.79 Å². The van der Waals surface area contributed by atoms with E-state index >= 15 is 0 Å². The molecule has 2 aromatic rings. The van der Waals surface area contributed by atoms with E-state index in [0.717, 1.165) is 37.0 Å². The minimum Gasteiger partial charge on any atom is -0.469 e. The van der Waals surface area contributed by atoms with Crippen LogP contribution in [0, 0.1) is 0 Å². The van der Waals surface area contributed by atoms with Crippen LogP contribution in [0.1, 0.15) is 42.2 Å². The molecule has 2 aromatic heterocycles. The molecule has 0 spiro atoms. The third kappa shape index (κ3) is 2.89. The van der Waals surface area contributed by atoms with Gasteiger partial charge < -0.3 is 9.73 Å². The van der Waals surface area contributed by atoms with Crippen molar-refractivity contribution in [3.8, 4) is 0 Å². The number of furan rings is 1. The molecule has 0 radical (unpaired) electrons. The summed E-state index contributed by atoms with van der Waals surface area (Å²) in [6.07, 6.45) is 6.18. The molecule has 1 aliphatic carbocycles. The fourth-order valence-corrected chi connectivity index (χ4v) is 3.30. The lowest BCUT2D eigenvalue weighted by Gasteiger charge is -2.22. The van der Waals surface area contributed by atoms with Crippen LogP contribution in [0.25, 0.3) is 0 Å². The van der Waals surface area contributed by atoms with Crippen molar-refractivity contribution < 1.29 is 9.21 Å². The van der Waals surface area contributed by atoms with Gasteiger partial charge in [0, 0.05) is 18.4 Å². The maximum absolute atomic E-state index is 12.0. The minimum atomic E-state index is 0.130. The summed E-state index contributed by atoms with van der Waals surface area (Å²) < 4.78 is 5.44. The Balaban J connectivity index is 1.56. The van der Waals surface area contributed by atoms with Gasteiger partial charge in [0.15, 0.2) is 0 Å². The van der Waals surface area contributed by atoms with E-state index in [0.29, 0.717) is 6.42 Å². The number of aryl methyl sites for hydroxylation is 2. The Morgan fingerprint density at radius 2 is 2.42 bits per heavy atom. The smallest absolute Gasteiger partial charge is 0.220 e. The van der Waals surface area contributed by atoms with E-state index in [1.54, 1.807) is 17.6 Å². The molecule has 1 aliphatic rings. The van der Waals surface area contributed by atoms with E-state index in [2.05, 4.69) is 16.8 Å². The van der Waals surface area contributed by atoms with Crippen LogP contribution in [-0.4, -0.2) is 5.91 Å². The molecule has 0 bridgehead atoms. The summed E-state index contributed by atoms with van der Waals surface area (Å²) in [5.41, 5.74) is 2.41. The van der Waals surface area contributed by atoms with Gasteiger partial charge in [0.1, 0.15) is 5.76 Å². The highest BCUT2D eigenvalue weighted by atomic mass is 32.1. The molecule has 0 aliphatic heterocycles. The van der Waals surface area contributed by atoms with Crippen molar-refractivity contribution in [3.63, 3.8) is 0 Å². The normalized spacial score (nSPS) is 18.0. The van der Waals surface area contributed by atoms with Crippen LogP contribution < -0.4 is 5.32 Å². The molecular weight excluding hydrogens is 258 g/mol. The summed E-state index contributed by atoms with van der Waals surface area (Å²) in [5, 5.41) is 7.28. The Morgan fingerprint density at radius 1 is 1.47 bits per heavy atom. The Hall–Kier alpha value is -1.55. The number of nitrogens with one attached hydrogen (secondary N) is 1. The van der Waals surface area contributed by atoms with Crippen LogP contribution in [0.15, 0.2) is 33.6 Å². The molecule has 4 heteroatoms. The number of hydrogen-bond donors (Lipinski definition) is 1. The fraction of sp³-hybridized carbons (Fsp3) is 0.400. The topological polar surface area (TPSA) is 42.2 Å². The molecule has 0 aromatic carbocycles. The second kappa shape index (κ2) is 5.61. The van der Waals surface area contributed by atoms with Gasteiger partial charge in [0.05, 0.1) is 12.3 Å². The average molecular weight is 275 g/mol. The van der Waals surface area contributed by atoms with Crippen molar-refractivity contribution in [1.82, 2.24) is 5.32 Å². The summed E-state index contributed by atoms with van der Waals surface area (Å²) in [5.74, 6) is 1.17. The van der Waals surface area contributed by atoms with Crippen LogP contribution in [-0.2, 0) is 17.6 Å². The molecule has 100 valence electrons. The van der Waals surface area contributed by atoms with Crippen LogP contribution in [0.3, 0.4) is 0 Å². The molecule has 1 amide bonds. The molecule has 0 fully saturated rings. The molecule has 3 rings (SSSR count). The van der Waals surface area contributed by atoms with Crippen LogP contribution >= 0.6 is 11.3 Å². The second-order valence-electron chi connectivity index (χ2n) is 4.94. The number of amides is 1. The quantitative estimate of drug-likeness (QED) is 0.928. The molecule has 1 atom stereocenters. The van der Waals surface area contributed by atoms with E-state index < -0.39 is 0 Å². The maximum Gasteiger partial charge on any atom is 0.220 e. The third-order valence-electron chi connectivity index (χ3n) is 3.61. The molecular formula is C15H17NO2S. The molecule has 0 saturated heterocycles. The van der Waals surface area contributed by atoms with E-state index in [4.69, 9.17) is 4.42 Å². The maximum atomic E-state index is 12.0. The lowest BCUT2D eigenvalue weighted by atomic mass is 9.93. The molecule has 19 heavy (non-hydrogen) atoms. The van der Waals surface area contributed by atoms with Gasteiger partial charge in [-0.2, -0.15) is 11.3 Å². The Morgan fingerprint density at radius 3 is 3.26 bits per heavy atom. The first-order chi connectivity index (χ1) is 9.33. The highest BCUT2D eigenvalue weighted by Crippen LogP contribution is 2.30. The van der Waals surface area contributed by atoms with Crippen molar-refractivity contribution in [2.45, 2.75) is 38.1 Å². The lowest BCUT2D eigenvalue weighted by Crippen LogP contribution is -2.30. The molecule has 1 N–H and O–H groups in total. The summed E-state index contributed by atoms with van der Waals surface area (Å²) in [7, 11) is 0. The average Bonchev–Trinajstić information content (AvgIpc) is 3.08. The first-order valence-corrected chi connectivity index (χ1v) is 7.64. The van der Waals surface area contributed by atoms with Gasteiger partial charge in [0.2, 0.25) is 5.91 Å². The molecule has 3 nitrogen and oxygen atoms in total. The Kier molecular flexibility index (Phi) is 3.69. The number of thiophene rings is 1. The highest BCUT2D eigenvalue weighted by molar-refractivity contribution is 7.07. The lowest BCUT2D eigenvalue weighted by molar-refractivity contribution is -0.121. The van der Waals surface area contributed by atoms with Crippen LogP contribution in [0.5, 0.6) is 0 Å². The summed E-state index contributed by atoms with van der Waals surface area (Å²) in [6.45, 7) is 0. The van der Waals surface area contributed by atoms with E-state index in [-0.39, 0.29) is 11.9 Å². The minimum absolute atomic E-state index is 0.130. The fourth-order valence-electron chi connectivity index (χ4n) is 2.60. The van der Waals surface area contributed by atoms with E-state index in [9.17, 15) is 4.79 Å². The zero-order valence-corrected chi connectivity index (χ0v) is 11.5. The summed E-state index contributed by atoms with van der Waals surface area (Å²) in [6, 6.07) is 4.20. The number of rotatable bonds is 4. The predicted octanol–water partition coefficient (Wildman–Crippen LogP) is 3.47. The van der Waals surface area contributed by atoms with Crippen molar-refractivity contribution >= 4 is 17.2 Å². The number of fused-ring (bicyclic) bond motifs is 1. The first kappa shape index (κ1) is 12.5. The first-order valence-electron chi connectivity index (χ1n) is 6.69. The summed E-state index contributed by atoms with van der Waals surface area (Å²) >= 11 is 1.67. The largest absolute Gasteiger partial charge is 0.469 e. The monoisotopic (exact) mass is 275 g/mol. The Bertz CT molecular complexity index is 544. The van der Waals surface area contributed by atoms with Gasteiger partial charge in [-0.1, -0.05) is 0 Å². The van der Waals surface area contributed by atoms with Crippen LogP contribution in [0.4, 0.5) is 0 Å². The predicted molar refractivity (Wildman–Crippen MR) is 75.2 cm³/mol. The van der Waals surface area contributed by atoms with Crippen molar-refractivity contribution in [2.75, 3.05) is 0 Å². The van der Waals surface area contributed by atoms with Crippen molar-refractivity contribution in [3.05, 3.63) is 46.0 Å². The Labute approximate surface area is 116 Å². The standard InChI is InChI=1S/C15H17NO2S/c17-15(5-4-11-7-9-19-10-11)16-13-2-1-3-14-12(13)6-8-18-14/h6-10,13H,1-5H2,(H,16,17). The van der Waals surface area contributed by atoms with Gasteiger partial charge >= 0.3 is 0 Å². The molecule has 1 unspecified atom stereocenters. The number of carbonyl (C=O) groups is 1. The van der Waals surface area contributed by atoms with Gasteiger partial charge in [-0.15, -0.1) is 0 Å². The zero-order chi connectivity index (χ0) is 13.1. The molecule has 0 saturated carbocycles. The van der Waals surface area contributed by atoms with Gasteiger partial charge in [0.25, 0.3) is 0 Å². The third-order valence-corrected chi connectivity index (χ3v) is 4.34. The molecule has 2 heterocycles. The van der Waals surface area contributed by atoms with Crippen LogP contribution in [0.2, 0.25) is 0 Å². The van der Waals surface area contributed by atoms with Gasteiger partial charge in [-0.25, -0.2) is 0 Å². The van der Waals surface area contributed by atoms with E-state index in [1.807, 2.05) is 11.4 Å². The number of hydrogen-bond acceptors (Lipinski definition) is 3. The zero-order valence-electron chi connectivity index (χ0n) is 10.7. The second-order valence-corrected chi connectivity index (χ2v) is 5.72. The van der Waals surface area contributed by atoms with Crippen molar-refractivity contribution in [1.29, 1.82) is 0 Å². The SMILES string of the molecule is O=C(CCc1ccsc1)NC1CCCc2occc21. The van der Waals surface area contributed by atoms with Crippen molar-refractivity contribution in [2.24, 2.45) is 0 Å². The van der Waals surface area contributed by atoms with E-state index in [1.165, 1.54) is 5.56 Å².